The monoisotopic (exact) mass is 468 g/mol. The number of carboxylic acid groups (broad SMARTS) is 1. The lowest BCUT2D eigenvalue weighted by Gasteiger charge is -2.44. The fourth-order valence-corrected chi connectivity index (χ4v) is 7.87. The van der Waals surface area contributed by atoms with E-state index < -0.39 is 11.9 Å². The lowest BCUT2D eigenvalue weighted by Crippen LogP contribution is -2.42. The number of carbonyl (C=O) groups excluding carboxylic acids is 3. The Labute approximate surface area is 203 Å². The smallest absolute Gasteiger partial charge is 0.310 e. The maximum atomic E-state index is 13.7. The molecule has 0 spiro atoms. The normalized spacial score (nSPS) is 37.4. The number of aliphatic carboxylic acids is 1. The molecule has 0 saturated heterocycles. The van der Waals surface area contributed by atoms with E-state index in [0.29, 0.717) is 43.9 Å². The van der Waals surface area contributed by atoms with E-state index in [9.17, 15) is 24.3 Å². The van der Waals surface area contributed by atoms with Gasteiger partial charge in [0.15, 0.2) is 11.6 Å². The van der Waals surface area contributed by atoms with E-state index in [1.165, 1.54) is 0 Å². The van der Waals surface area contributed by atoms with Crippen LogP contribution in [0.25, 0.3) is 0 Å². The molecule has 186 valence electrons. The zero-order chi connectivity index (χ0) is 24.9. The summed E-state index contributed by atoms with van der Waals surface area (Å²) >= 11 is 0. The number of allylic oxidation sites excluding steroid dienone is 2. The van der Waals surface area contributed by atoms with E-state index in [1.54, 1.807) is 6.92 Å². The van der Waals surface area contributed by atoms with Crippen LogP contribution < -0.4 is 0 Å². The highest BCUT2D eigenvalue weighted by atomic mass is 16.4. The lowest BCUT2D eigenvalue weighted by atomic mass is 9.58. The van der Waals surface area contributed by atoms with Gasteiger partial charge >= 0.3 is 5.97 Å². The van der Waals surface area contributed by atoms with Crippen molar-refractivity contribution in [2.24, 2.45) is 46.8 Å². The van der Waals surface area contributed by atoms with Gasteiger partial charge in [-0.25, -0.2) is 0 Å². The van der Waals surface area contributed by atoms with Crippen LogP contribution in [-0.2, 0) is 19.2 Å². The molecule has 5 heteroatoms. The predicted octanol–water partition coefficient (Wildman–Crippen LogP) is 5.58. The molecule has 0 aliphatic heterocycles. The van der Waals surface area contributed by atoms with Crippen LogP contribution in [-0.4, -0.2) is 28.4 Å². The highest BCUT2D eigenvalue weighted by molar-refractivity contribution is 6.09. The number of ketones is 3. The quantitative estimate of drug-likeness (QED) is 0.514. The van der Waals surface area contributed by atoms with Crippen molar-refractivity contribution in [1.29, 1.82) is 0 Å². The van der Waals surface area contributed by atoms with E-state index in [1.807, 2.05) is 6.92 Å². The molecule has 0 amide bonds. The summed E-state index contributed by atoms with van der Waals surface area (Å²) < 4.78 is 0. The predicted molar refractivity (Wildman–Crippen MR) is 130 cm³/mol. The first-order chi connectivity index (χ1) is 16.0. The lowest BCUT2D eigenvalue weighted by molar-refractivity contribution is -0.140. The van der Waals surface area contributed by atoms with Crippen molar-refractivity contribution in [3.05, 3.63) is 23.3 Å². The fraction of sp³-hybridized carbons (Fsp3) is 0.724. The van der Waals surface area contributed by atoms with Crippen molar-refractivity contribution in [3.8, 4) is 0 Å². The first-order valence-electron chi connectivity index (χ1n) is 13.2. The molecule has 2 bridgehead atoms. The van der Waals surface area contributed by atoms with Gasteiger partial charge < -0.3 is 5.11 Å². The van der Waals surface area contributed by atoms with E-state index >= 15 is 0 Å². The number of rotatable bonds is 6. The Morgan fingerprint density at radius 2 is 1.82 bits per heavy atom. The summed E-state index contributed by atoms with van der Waals surface area (Å²) in [6.07, 6.45) is 6.32. The first-order valence-corrected chi connectivity index (χ1v) is 13.2. The molecular weight excluding hydrogens is 428 g/mol. The van der Waals surface area contributed by atoms with Crippen molar-refractivity contribution in [2.75, 3.05) is 0 Å². The number of carbonyl (C=O) groups is 4. The van der Waals surface area contributed by atoms with Crippen LogP contribution >= 0.6 is 0 Å². The van der Waals surface area contributed by atoms with E-state index in [4.69, 9.17) is 0 Å². The van der Waals surface area contributed by atoms with Crippen LogP contribution in [0.3, 0.4) is 0 Å². The molecule has 0 aromatic rings. The molecule has 34 heavy (non-hydrogen) atoms. The molecule has 8 atom stereocenters. The topological polar surface area (TPSA) is 88.5 Å². The summed E-state index contributed by atoms with van der Waals surface area (Å²) in [6.45, 7) is 12.1. The zero-order valence-electron chi connectivity index (χ0n) is 21.2. The number of carboxylic acids is 1. The van der Waals surface area contributed by atoms with Gasteiger partial charge in [-0.05, 0) is 80.5 Å². The Morgan fingerprint density at radius 3 is 2.50 bits per heavy atom. The van der Waals surface area contributed by atoms with Gasteiger partial charge in [-0.1, -0.05) is 32.9 Å². The fourth-order valence-electron chi connectivity index (χ4n) is 7.87. The summed E-state index contributed by atoms with van der Waals surface area (Å²) in [7, 11) is 0. The maximum Gasteiger partial charge on any atom is 0.310 e. The summed E-state index contributed by atoms with van der Waals surface area (Å²) in [5, 5.41) is 9.27. The molecule has 4 rings (SSSR count). The Balaban J connectivity index is 1.59. The molecular formula is C29H40O5. The van der Waals surface area contributed by atoms with Gasteiger partial charge in [0.25, 0.3) is 0 Å². The molecule has 0 heterocycles. The summed E-state index contributed by atoms with van der Waals surface area (Å²) in [5.41, 5.74) is 2.12. The second-order valence-electron chi connectivity index (χ2n) is 12.0. The highest BCUT2D eigenvalue weighted by Gasteiger charge is 2.57. The molecule has 4 aliphatic rings. The number of fused-ring (bicyclic) bond motifs is 5. The van der Waals surface area contributed by atoms with E-state index in [-0.39, 0.29) is 46.4 Å². The highest BCUT2D eigenvalue weighted by Crippen LogP contribution is 2.61. The van der Waals surface area contributed by atoms with Gasteiger partial charge in [-0.2, -0.15) is 0 Å². The molecule has 2 saturated carbocycles. The third-order valence-corrected chi connectivity index (χ3v) is 10.2. The SMILES string of the molecule is C=C(CC[C@@H](C)[C@H]1CC[C@H]2C3=C(C(=O)C[C@]12C)[C@@H]1CCC(=O)[C@@H](C)[C@H](CC3=O)C1)C(C)C(=O)O. The third-order valence-electron chi connectivity index (χ3n) is 10.2. The maximum absolute atomic E-state index is 13.7. The molecule has 5 nitrogen and oxygen atoms in total. The minimum Gasteiger partial charge on any atom is -0.481 e. The van der Waals surface area contributed by atoms with Crippen molar-refractivity contribution < 1.29 is 24.3 Å². The summed E-state index contributed by atoms with van der Waals surface area (Å²) in [6, 6.07) is 0. The second-order valence-corrected chi connectivity index (χ2v) is 12.0. The van der Waals surface area contributed by atoms with Crippen molar-refractivity contribution in [1.82, 2.24) is 0 Å². The Kier molecular flexibility index (Phi) is 6.78. The van der Waals surface area contributed by atoms with Crippen molar-refractivity contribution in [2.45, 2.75) is 85.5 Å². The van der Waals surface area contributed by atoms with Crippen LogP contribution in [0.4, 0.5) is 0 Å². The summed E-state index contributed by atoms with van der Waals surface area (Å²) in [5.74, 6) is -0.135. The Hall–Kier alpha value is -2.04. The van der Waals surface area contributed by atoms with Crippen LogP contribution in [0, 0.1) is 46.8 Å². The van der Waals surface area contributed by atoms with Crippen LogP contribution in [0.15, 0.2) is 23.3 Å². The van der Waals surface area contributed by atoms with Gasteiger partial charge in [0.1, 0.15) is 5.78 Å². The zero-order valence-corrected chi connectivity index (χ0v) is 21.2. The molecule has 4 aliphatic carbocycles. The van der Waals surface area contributed by atoms with Gasteiger partial charge in [0, 0.05) is 36.3 Å². The standard InChI is InChI=1S/C29H40O5/c1-15(17(3)28(33)34)6-7-16(2)21-9-10-22-27-24(31)13-20-12-19(8-11-23(30)18(20)4)26(27)25(32)14-29(21,22)5/h16-22H,1,6-14H2,2-5H3,(H,33,34)/t16-,17?,18+,19-,20+,21-,22+,29-/m1/s1. The van der Waals surface area contributed by atoms with Gasteiger partial charge in [-0.15, -0.1) is 0 Å². The van der Waals surface area contributed by atoms with Gasteiger partial charge in [0.05, 0.1) is 5.92 Å². The van der Waals surface area contributed by atoms with Gasteiger partial charge in [-0.3, -0.25) is 19.2 Å². The minimum absolute atomic E-state index is 0.0507. The molecule has 1 unspecified atom stereocenters. The summed E-state index contributed by atoms with van der Waals surface area (Å²) in [4.78, 5) is 51.1. The van der Waals surface area contributed by atoms with E-state index in [0.717, 1.165) is 42.4 Å². The number of hydrogen-bond acceptors (Lipinski definition) is 4. The third kappa shape index (κ3) is 4.13. The molecule has 2 fully saturated rings. The number of hydrogen-bond donors (Lipinski definition) is 1. The van der Waals surface area contributed by atoms with Crippen LogP contribution in [0.5, 0.6) is 0 Å². The minimum atomic E-state index is -0.841. The molecule has 0 aromatic carbocycles. The van der Waals surface area contributed by atoms with Crippen molar-refractivity contribution in [3.63, 3.8) is 0 Å². The van der Waals surface area contributed by atoms with Crippen molar-refractivity contribution >= 4 is 23.3 Å². The number of Topliss-reactive ketones (excluding diaryl/α,β-unsaturated/α-hetero) is 3. The Bertz CT molecular complexity index is 958. The average molecular weight is 469 g/mol. The Morgan fingerprint density at radius 1 is 1.12 bits per heavy atom. The van der Waals surface area contributed by atoms with E-state index in [2.05, 4.69) is 20.4 Å². The molecule has 0 radical (unpaired) electrons. The van der Waals surface area contributed by atoms with Crippen LogP contribution in [0.2, 0.25) is 0 Å². The second kappa shape index (κ2) is 9.20. The first kappa shape index (κ1) is 25.1. The molecule has 1 N–H and O–H groups in total. The van der Waals surface area contributed by atoms with Gasteiger partial charge in [0.2, 0.25) is 0 Å². The molecule has 0 aromatic heterocycles. The van der Waals surface area contributed by atoms with Crippen LogP contribution in [0.1, 0.15) is 85.5 Å². The largest absolute Gasteiger partial charge is 0.481 e. The average Bonchev–Trinajstić information content (AvgIpc) is 2.96.